The first-order valence-electron chi connectivity index (χ1n) is 10.2. The van der Waals surface area contributed by atoms with Gasteiger partial charge < -0.3 is 10.1 Å². The minimum Gasteiger partial charge on any atom is -0.483 e. The summed E-state index contributed by atoms with van der Waals surface area (Å²) in [5, 5.41) is 18.0. The van der Waals surface area contributed by atoms with E-state index in [1.54, 1.807) is 35.7 Å². The Kier molecular flexibility index (Phi) is 7.07. The van der Waals surface area contributed by atoms with Gasteiger partial charge in [-0.3, -0.25) is 25.0 Å². The maximum atomic E-state index is 13.7. The maximum Gasteiger partial charge on any atom is 0.270 e. The molecule has 2 N–H and O–H groups in total. The lowest BCUT2D eigenvalue weighted by Crippen LogP contribution is -2.22. The number of hydrogen-bond acceptors (Lipinski definition) is 7. The lowest BCUT2D eigenvalue weighted by Gasteiger charge is -2.11. The molecule has 0 fully saturated rings. The van der Waals surface area contributed by atoms with Gasteiger partial charge in [0.1, 0.15) is 11.6 Å². The van der Waals surface area contributed by atoms with Crippen molar-refractivity contribution in [2.24, 2.45) is 0 Å². The molecule has 0 aliphatic heterocycles. The number of rotatable bonds is 8. The number of halogens is 1. The number of carbonyl (C=O) groups excluding carboxylic acids is 2. The summed E-state index contributed by atoms with van der Waals surface area (Å²) in [4.78, 5) is 39.8. The van der Waals surface area contributed by atoms with Gasteiger partial charge in [-0.1, -0.05) is 36.4 Å². The number of ether oxygens (including phenoxy) is 1. The van der Waals surface area contributed by atoms with E-state index in [-0.39, 0.29) is 27.8 Å². The molecule has 0 saturated heterocycles. The van der Waals surface area contributed by atoms with Crippen molar-refractivity contribution in [3.8, 4) is 17.0 Å². The Bertz CT molecular complexity index is 1410. The fraction of sp³-hybridized carbons (Fsp3) is 0.0417. The number of aromatic nitrogens is 1. The van der Waals surface area contributed by atoms with E-state index >= 15 is 0 Å². The molecule has 0 aliphatic carbocycles. The number of hydrogen-bond donors (Lipinski definition) is 2. The molecule has 0 aliphatic rings. The monoisotopic (exact) mass is 492 g/mol. The fourth-order valence-corrected chi connectivity index (χ4v) is 3.79. The van der Waals surface area contributed by atoms with Gasteiger partial charge in [0.25, 0.3) is 17.5 Å². The van der Waals surface area contributed by atoms with Gasteiger partial charge in [0.05, 0.1) is 21.9 Å². The van der Waals surface area contributed by atoms with E-state index in [0.29, 0.717) is 11.3 Å². The van der Waals surface area contributed by atoms with Crippen molar-refractivity contribution < 1.29 is 23.6 Å². The van der Waals surface area contributed by atoms with Gasteiger partial charge in [0.15, 0.2) is 11.7 Å². The van der Waals surface area contributed by atoms with Crippen LogP contribution in [-0.2, 0) is 4.79 Å². The van der Waals surface area contributed by atoms with Gasteiger partial charge in [-0.2, -0.15) is 0 Å². The van der Waals surface area contributed by atoms with Crippen molar-refractivity contribution in [2.75, 3.05) is 17.2 Å². The van der Waals surface area contributed by atoms with Gasteiger partial charge in [-0.15, -0.1) is 11.3 Å². The second-order valence-electron chi connectivity index (χ2n) is 7.11. The van der Waals surface area contributed by atoms with E-state index in [1.165, 1.54) is 42.5 Å². The van der Waals surface area contributed by atoms with Gasteiger partial charge in [0.2, 0.25) is 0 Å². The molecule has 0 unspecified atom stereocenters. The van der Waals surface area contributed by atoms with Gasteiger partial charge in [-0.05, 0) is 24.3 Å². The topological polar surface area (TPSA) is 123 Å². The minimum atomic E-state index is -0.591. The summed E-state index contributed by atoms with van der Waals surface area (Å²) in [6, 6.07) is 18.1. The molecule has 0 saturated carbocycles. The van der Waals surface area contributed by atoms with Crippen LogP contribution in [0.4, 0.5) is 20.9 Å². The molecule has 0 radical (unpaired) electrons. The predicted octanol–water partition coefficient (Wildman–Crippen LogP) is 5.13. The highest BCUT2D eigenvalue weighted by atomic mass is 32.1. The van der Waals surface area contributed by atoms with E-state index in [1.807, 2.05) is 0 Å². The molecule has 1 aromatic heterocycles. The molecule has 3 aromatic carbocycles. The Morgan fingerprint density at radius 1 is 1.03 bits per heavy atom. The number of benzene rings is 3. The third-order valence-corrected chi connectivity index (χ3v) is 5.47. The number of anilines is 2. The number of thiazole rings is 1. The molecule has 35 heavy (non-hydrogen) atoms. The highest BCUT2D eigenvalue weighted by Gasteiger charge is 2.16. The number of para-hydroxylation sites is 2. The van der Waals surface area contributed by atoms with Crippen LogP contribution in [0.25, 0.3) is 11.3 Å². The SMILES string of the molecule is O=C(COc1ccccc1C(=O)Nc1nc(-c2cccc([N+](=O)[O-])c2)cs1)Nc1ccccc1F. The van der Waals surface area contributed by atoms with Crippen LogP contribution in [0.3, 0.4) is 0 Å². The molecule has 2 amide bonds. The second kappa shape index (κ2) is 10.5. The summed E-state index contributed by atoms with van der Waals surface area (Å²) < 4.78 is 19.2. The largest absolute Gasteiger partial charge is 0.483 e. The number of nitro benzene ring substituents is 1. The molecular weight excluding hydrogens is 475 g/mol. The Morgan fingerprint density at radius 2 is 1.80 bits per heavy atom. The average Bonchev–Trinajstić information content (AvgIpc) is 3.33. The quantitative estimate of drug-likeness (QED) is 0.260. The van der Waals surface area contributed by atoms with Crippen LogP contribution in [0.2, 0.25) is 0 Å². The summed E-state index contributed by atoms with van der Waals surface area (Å²) in [7, 11) is 0. The Balaban J connectivity index is 1.42. The summed E-state index contributed by atoms with van der Waals surface area (Å²) >= 11 is 1.15. The Hall–Kier alpha value is -4.64. The van der Waals surface area contributed by atoms with Crippen molar-refractivity contribution >= 4 is 39.7 Å². The molecule has 0 spiro atoms. The third kappa shape index (κ3) is 5.84. The fourth-order valence-electron chi connectivity index (χ4n) is 3.08. The molecule has 11 heteroatoms. The van der Waals surface area contributed by atoms with Crippen LogP contribution in [0.1, 0.15) is 10.4 Å². The Morgan fingerprint density at radius 3 is 2.60 bits per heavy atom. The number of nitrogens with one attached hydrogen (secondary N) is 2. The highest BCUT2D eigenvalue weighted by Crippen LogP contribution is 2.28. The summed E-state index contributed by atoms with van der Waals surface area (Å²) in [6.45, 7) is -0.438. The number of nitro groups is 1. The molecule has 9 nitrogen and oxygen atoms in total. The molecule has 176 valence electrons. The first kappa shape index (κ1) is 23.5. The number of carbonyl (C=O) groups is 2. The molecule has 4 rings (SSSR count). The van der Waals surface area contributed by atoms with Crippen molar-refractivity contribution in [3.63, 3.8) is 0 Å². The normalized spacial score (nSPS) is 10.4. The lowest BCUT2D eigenvalue weighted by atomic mass is 10.1. The minimum absolute atomic E-state index is 0.0236. The molecule has 1 heterocycles. The zero-order valence-corrected chi connectivity index (χ0v) is 18.8. The van der Waals surface area contributed by atoms with Crippen LogP contribution in [0.5, 0.6) is 5.75 Å². The highest BCUT2D eigenvalue weighted by molar-refractivity contribution is 7.14. The number of non-ortho nitro benzene ring substituents is 1. The lowest BCUT2D eigenvalue weighted by molar-refractivity contribution is -0.384. The standard InChI is InChI=1S/C24H17FN4O5S/c25-18-9-2-3-10-19(18)26-22(30)13-34-21-11-4-1-8-17(21)23(31)28-24-27-20(14-35-24)15-6-5-7-16(12-15)29(32)33/h1-12,14H,13H2,(H,26,30)(H,27,28,31). The molecular formula is C24H17FN4O5S. The molecule has 4 aromatic rings. The van der Waals surface area contributed by atoms with E-state index < -0.39 is 29.2 Å². The zero-order valence-electron chi connectivity index (χ0n) is 17.9. The molecule has 0 bridgehead atoms. The second-order valence-corrected chi connectivity index (χ2v) is 7.97. The summed E-state index contributed by atoms with van der Waals surface area (Å²) in [6.07, 6.45) is 0. The van der Waals surface area contributed by atoms with Crippen molar-refractivity contribution in [1.29, 1.82) is 0 Å². The smallest absolute Gasteiger partial charge is 0.270 e. The van der Waals surface area contributed by atoms with Crippen LogP contribution in [0, 0.1) is 15.9 Å². The van der Waals surface area contributed by atoms with Gasteiger partial charge in [-0.25, -0.2) is 9.37 Å². The van der Waals surface area contributed by atoms with E-state index in [0.717, 1.165) is 11.3 Å². The van der Waals surface area contributed by atoms with E-state index in [2.05, 4.69) is 15.6 Å². The van der Waals surface area contributed by atoms with Crippen molar-refractivity contribution in [1.82, 2.24) is 4.98 Å². The first-order valence-corrected chi connectivity index (χ1v) is 11.1. The number of nitrogens with zero attached hydrogens (tertiary/aromatic N) is 2. The zero-order chi connectivity index (χ0) is 24.8. The maximum absolute atomic E-state index is 13.7. The van der Waals surface area contributed by atoms with Crippen LogP contribution in [-0.4, -0.2) is 28.3 Å². The predicted molar refractivity (Wildman–Crippen MR) is 129 cm³/mol. The average molecular weight is 492 g/mol. The van der Waals surface area contributed by atoms with E-state index in [4.69, 9.17) is 4.74 Å². The van der Waals surface area contributed by atoms with Gasteiger partial charge >= 0.3 is 0 Å². The van der Waals surface area contributed by atoms with Crippen LogP contribution in [0.15, 0.2) is 78.2 Å². The number of amides is 2. The molecule has 0 atom stereocenters. The first-order chi connectivity index (χ1) is 16.9. The van der Waals surface area contributed by atoms with Crippen LogP contribution >= 0.6 is 11.3 Å². The van der Waals surface area contributed by atoms with E-state index in [9.17, 15) is 24.1 Å². The summed E-state index contributed by atoms with van der Waals surface area (Å²) in [5.74, 6) is -1.53. The van der Waals surface area contributed by atoms with Crippen LogP contribution < -0.4 is 15.4 Å². The third-order valence-electron chi connectivity index (χ3n) is 4.72. The van der Waals surface area contributed by atoms with Crippen molar-refractivity contribution in [2.45, 2.75) is 0 Å². The van der Waals surface area contributed by atoms with Gasteiger partial charge in [0, 0.05) is 23.1 Å². The van der Waals surface area contributed by atoms with Crippen molar-refractivity contribution in [3.05, 3.63) is 99.7 Å². The summed E-state index contributed by atoms with van der Waals surface area (Å²) in [5.41, 5.74) is 1.14. The Labute approximate surface area is 202 Å².